The Labute approximate surface area is 233 Å². The van der Waals surface area contributed by atoms with Gasteiger partial charge in [0, 0.05) is 35.6 Å². The molecule has 2 bridgehead atoms. The number of pyridine rings is 1. The van der Waals surface area contributed by atoms with Crippen molar-refractivity contribution in [2.45, 2.75) is 41.9 Å². The minimum Gasteiger partial charge on any atom is -0.335 e. The van der Waals surface area contributed by atoms with Gasteiger partial charge in [-0.1, -0.05) is 11.6 Å². The van der Waals surface area contributed by atoms with Gasteiger partial charge in [0.1, 0.15) is 0 Å². The molecule has 3 aromatic rings. The lowest BCUT2D eigenvalue weighted by atomic mass is 9.84. The molecule has 2 aromatic carbocycles. The first-order chi connectivity index (χ1) is 19.0. The molecule has 210 valence electrons. The van der Waals surface area contributed by atoms with Gasteiger partial charge in [0.25, 0.3) is 5.91 Å². The molecule has 0 radical (unpaired) electrons. The number of sulfone groups is 1. The Morgan fingerprint density at radius 3 is 2.23 bits per heavy atom. The standard InChI is InChI=1S/C27H24ClF3N4O4S/c28-20-6-5-16(26(36)33-18-11-21(29)24(31)22(30)12-18)10-23(20)40(38,39)19-8-14-3-4-15(9-19)25(14)35-27(37)34-17-2-1-7-32-13-17/h1-2,5-7,10-15,19,25H,3-4,8-9H2,(H,33,36)(H2,34,35,37)/t14-,15?,19-,25?/m0/s1. The molecule has 3 N–H and O–H groups in total. The molecule has 40 heavy (non-hydrogen) atoms. The number of fused-ring (bicyclic) bond motifs is 2. The maximum absolute atomic E-state index is 13.7. The lowest BCUT2D eigenvalue weighted by Gasteiger charge is -2.35. The zero-order chi connectivity index (χ0) is 28.6. The summed E-state index contributed by atoms with van der Waals surface area (Å²) >= 11 is 6.26. The Morgan fingerprint density at radius 1 is 0.925 bits per heavy atom. The van der Waals surface area contributed by atoms with Crippen molar-refractivity contribution in [3.8, 4) is 0 Å². The third-order valence-corrected chi connectivity index (χ3v) is 10.1. The number of halogens is 4. The summed E-state index contributed by atoms with van der Waals surface area (Å²) < 4.78 is 67.7. The number of hydrogen-bond donors (Lipinski definition) is 3. The van der Waals surface area contributed by atoms with Crippen molar-refractivity contribution in [2.24, 2.45) is 11.8 Å². The van der Waals surface area contributed by atoms with Crippen molar-refractivity contribution >= 4 is 44.8 Å². The quantitative estimate of drug-likeness (QED) is 0.324. The summed E-state index contributed by atoms with van der Waals surface area (Å²) in [7, 11) is -3.99. The summed E-state index contributed by atoms with van der Waals surface area (Å²) in [5.41, 5.74) is 0.0890. The lowest BCUT2D eigenvalue weighted by molar-refractivity contribution is 0.102. The Bertz CT molecular complexity index is 1540. The van der Waals surface area contributed by atoms with E-state index in [1.807, 2.05) is 0 Å². The summed E-state index contributed by atoms with van der Waals surface area (Å²) in [5, 5.41) is 7.10. The number of benzene rings is 2. The number of carbonyl (C=O) groups excluding carboxylic acids is 2. The maximum atomic E-state index is 13.7. The van der Waals surface area contributed by atoms with Crippen LogP contribution in [0, 0.1) is 29.3 Å². The average Bonchev–Trinajstić information content (AvgIpc) is 3.13. The van der Waals surface area contributed by atoms with E-state index >= 15 is 0 Å². The van der Waals surface area contributed by atoms with E-state index in [4.69, 9.17) is 11.6 Å². The van der Waals surface area contributed by atoms with Gasteiger partial charge in [-0.15, -0.1) is 0 Å². The molecule has 1 heterocycles. The molecule has 1 aromatic heterocycles. The van der Waals surface area contributed by atoms with Crippen LogP contribution < -0.4 is 16.0 Å². The van der Waals surface area contributed by atoms with E-state index in [1.165, 1.54) is 18.3 Å². The molecular formula is C27H24ClF3N4O4S. The predicted molar refractivity (Wildman–Crippen MR) is 142 cm³/mol. The van der Waals surface area contributed by atoms with Gasteiger partial charge in [-0.05, 0) is 67.9 Å². The van der Waals surface area contributed by atoms with Gasteiger partial charge in [0.2, 0.25) is 0 Å². The number of aromatic nitrogens is 1. The smallest absolute Gasteiger partial charge is 0.319 e. The number of nitrogens with one attached hydrogen (secondary N) is 3. The summed E-state index contributed by atoms with van der Waals surface area (Å²) in [6.07, 6.45) is 5.24. The third-order valence-electron chi connectivity index (χ3n) is 7.45. The summed E-state index contributed by atoms with van der Waals surface area (Å²) in [5.74, 6) is -5.62. The van der Waals surface area contributed by atoms with Crippen molar-refractivity contribution in [3.05, 3.63) is 82.9 Å². The van der Waals surface area contributed by atoms with Crippen LogP contribution >= 0.6 is 11.6 Å². The van der Waals surface area contributed by atoms with Crippen LogP contribution in [0.1, 0.15) is 36.0 Å². The molecule has 0 aliphatic heterocycles. The number of nitrogens with zero attached hydrogens (tertiary/aromatic N) is 1. The van der Waals surface area contributed by atoms with Crippen molar-refractivity contribution in [2.75, 3.05) is 10.6 Å². The van der Waals surface area contributed by atoms with E-state index in [2.05, 4.69) is 20.9 Å². The summed E-state index contributed by atoms with van der Waals surface area (Å²) in [6.45, 7) is 0. The summed E-state index contributed by atoms with van der Waals surface area (Å²) in [4.78, 5) is 29.0. The van der Waals surface area contributed by atoms with Crippen LogP contribution in [0.5, 0.6) is 0 Å². The molecule has 2 saturated carbocycles. The maximum Gasteiger partial charge on any atom is 0.319 e. The molecule has 0 saturated heterocycles. The number of hydrogen-bond acceptors (Lipinski definition) is 5. The fourth-order valence-electron chi connectivity index (χ4n) is 5.59. The molecular weight excluding hydrogens is 569 g/mol. The molecule has 2 aliphatic carbocycles. The van der Waals surface area contributed by atoms with Crippen LogP contribution in [0.15, 0.2) is 59.8 Å². The van der Waals surface area contributed by atoms with Crippen molar-refractivity contribution in [1.29, 1.82) is 0 Å². The number of carbonyl (C=O) groups is 2. The highest BCUT2D eigenvalue weighted by molar-refractivity contribution is 7.92. The van der Waals surface area contributed by atoms with Gasteiger partial charge >= 0.3 is 6.03 Å². The minimum atomic E-state index is -3.99. The van der Waals surface area contributed by atoms with Crippen LogP contribution in [-0.4, -0.2) is 36.6 Å². The van der Waals surface area contributed by atoms with Gasteiger partial charge in [-0.25, -0.2) is 26.4 Å². The Kier molecular flexibility index (Phi) is 7.74. The van der Waals surface area contributed by atoms with E-state index < -0.39 is 38.4 Å². The molecule has 2 fully saturated rings. The van der Waals surface area contributed by atoms with Crippen LogP contribution in [0.2, 0.25) is 5.02 Å². The van der Waals surface area contributed by atoms with Crippen LogP contribution in [0.25, 0.3) is 0 Å². The molecule has 13 heteroatoms. The first kappa shape index (κ1) is 27.9. The first-order valence-electron chi connectivity index (χ1n) is 12.5. The lowest BCUT2D eigenvalue weighted by Crippen LogP contribution is -2.48. The van der Waals surface area contributed by atoms with Crippen molar-refractivity contribution < 1.29 is 31.2 Å². The molecule has 2 aliphatic rings. The van der Waals surface area contributed by atoms with Gasteiger partial charge in [-0.3, -0.25) is 9.78 Å². The zero-order valence-electron chi connectivity index (χ0n) is 20.8. The summed E-state index contributed by atoms with van der Waals surface area (Å²) in [6, 6.07) is 7.72. The Morgan fingerprint density at radius 2 is 1.60 bits per heavy atom. The second-order valence-corrected chi connectivity index (χ2v) is 12.6. The fraction of sp³-hybridized carbons (Fsp3) is 0.296. The van der Waals surface area contributed by atoms with Crippen molar-refractivity contribution in [3.63, 3.8) is 0 Å². The topological polar surface area (TPSA) is 117 Å². The fourth-order valence-corrected chi connectivity index (χ4v) is 8.02. The highest BCUT2D eigenvalue weighted by Crippen LogP contribution is 2.46. The van der Waals surface area contributed by atoms with E-state index in [-0.39, 0.29) is 45.1 Å². The molecule has 0 spiro atoms. The Hall–Kier alpha value is -3.64. The monoisotopic (exact) mass is 592 g/mol. The predicted octanol–water partition coefficient (Wildman–Crippen LogP) is 5.56. The first-order valence-corrected chi connectivity index (χ1v) is 14.4. The highest BCUT2D eigenvalue weighted by Gasteiger charge is 2.47. The molecule has 2 unspecified atom stereocenters. The SMILES string of the molecule is O=C(Nc1cccnc1)NC1C2CC[C@H]1C[C@H](S(=O)(=O)c1cc(C(=O)Nc3cc(F)c(F)c(F)c3)ccc1Cl)C2. The Balaban J connectivity index is 1.30. The minimum absolute atomic E-state index is 0.0632. The second-order valence-electron chi connectivity index (χ2n) is 9.96. The average molecular weight is 593 g/mol. The number of rotatable bonds is 6. The molecule has 4 atom stereocenters. The van der Waals surface area contributed by atoms with E-state index in [0.717, 1.165) is 18.9 Å². The highest BCUT2D eigenvalue weighted by atomic mass is 35.5. The molecule has 5 rings (SSSR count). The molecule has 3 amide bonds. The third kappa shape index (κ3) is 5.64. The van der Waals surface area contributed by atoms with Gasteiger partial charge in [0.15, 0.2) is 27.3 Å². The normalized spacial score (nSPS) is 22.0. The number of anilines is 2. The van der Waals surface area contributed by atoms with Crippen LogP contribution in [0.3, 0.4) is 0 Å². The zero-order valence-corrected chi connectivity index (χ0v) is 22.4. The van der Waals surface area contributed by atoms with Crippen molar-refractivity contribution in [1.82, 2.24) is 10.3 Å². The van der Waals surface area contributed by atoms with Crippen LogP contribution in [0.4, 0.5) is 29.3 Å². The number of urea groups is 1. The van der Waals surface area contributed by atoms with Gasteiger partial charge in [-0.2, -0.15) is 0 Å². The van der Waals surface area contributed by atoms with Gasteiger partial charge < -0.3 is 16.0 Å². The van der Waals surface area contributed by atoms with E-state index in [1.54, 1.807) is 18.3 Å². The van der Waals surface area contributed by atoms with E-state index in [0.29, 0.717) is 30.7 Å². The van der Waals surface area contributed by atoms with E-state index in [9.17, 15) is 31.2 Å². The largest absolute Gasteiger partial charge is 0.335 e. The van der Waals surface area contributed by atoms with Gasteiger partial charge in [0.05, 0.1) is 27.1 Å². The molecule has 8 nitrogen and oxygen atoms in total. The second kappa shape index (κ2) is 11.1. The van der Waals surface area contributed by atoms with Crippen LogP contribution in [-0.2, 0) is 9.84 Å². The number of amides is 3.